The molecular formula is C11H15FN3O12P3S. The van der Waals surface area contributed by atoms with E-state index in [1.807, 2.05) is 0 Å². The van der Waals surface area contributed by atoms with E-state index in [4.69, 9.17) is 43.8 Å². The minimum atomic E-state index is -5.76. The smallest absolute Gasteiger partial charge is 0.386 e. The summed E-state index contributed by atoms with van der Waals surface area (Å²) in [7, 11) is -16.9. The highest BCUT2D eigenvalue weighted by atomic mass is 32.1. The van der Waals surface area contributed by atoms with Crippen LogP contribution in [0, 0.1) is 17.1 Å². The second-order valence-corrected chi connectivity index (χ2v) is 10.6. The molecule has 0 saturated carbocycles. The van der Waals surface area contributed by atoms with Gasteiger partial charge < -0.3 is 35.2 Å². The molecule has 0 radical (unpaired) electrons. The molecule has 2 rings (SSSR count). The van der Waals surface area contributed by atoms with Crippen LogP contribution in [-0.4, -0.2) is 58.7 Å². The van der Waals surface area contributed by atoms with Gasteiger partial charge in [-0.2, -0.15) is 8.62 Å². The number of nitrogens with zero attached hydrogens (tertiary/aromatic N) is 2. The second kappa shape index (κ2) is 9.05. The van der Waals surface area contributed by atoms with Crippen molar-refractivity contribution in [2.45, 2.75) is 24.1 Å². The Kier molecular flexibility index (Phi) is 7.64. The maximum atomic E-state index is 15.2. The molecule has 1 saturated heterocycles. The van der Waals surface area contributed by atoms with Gasteiger partial charge in [-0.3, -0.25) is 9.09 Å². The highest BCUT2D eigenvalue weighted by Gasteiger charge is 2.58. The lowest BCUT2D eigenvalue weighted by molar-refractivity contribution is -0.0525. The quantitative estimate of drug-likeness (QED) is 0.150. The Bertz CT molecular complexity index is 1090. The van der Waals surface area contributed by atoms with E-state index < -0.39 is 54.2 Å². The number of ether oxygens (including phenoxy) is 1. The summed E-state index contributed by atoms with van der Waals surface area (Å²) in [4.78, 5) is 39.2. The standard InChI is InChI=1S/C11H15FN3O12P3S/c1-2-11(12)8(16)6(25-9(11)15-4-3-7(13)14-10(15)31)5-24-29(20,21)27-30(22,23)26-28(17,18)19/h1,3-4,6,8-9,16H,5H2,(H,20,21)(H,22,23)(H2,13,14,31)(H2,17,18,19)/t6-,8?,9-,11-/m1/s1. The summed E-state index contributed by atoms with van der Waals surface area (Å²) in [6, 6.07) is 1.22. The average Bonchev–Trinajstić information content (AvgIpc) is 2.82. The molecule has 3 unspecified atom stereocenters. The fourth-order valence-electron chi connectivity index (χ4n) is 2.39. The predicted octanol–water partition coefficient (Wildman–Crippen LogP) is 0.138. The van der Waals surface area contributed by atoms with Crippen LogP contribution >= 0.6 is 35.7 Å². The molecule has 1 aliphatic rings. The molecule has 0 spiro atoms. The third kappa shape index (κ3) is 6.47. The van der Waals surface area contributed by atoms with E-state index in [-0.39, 0.29) is 10.6 Å². The molecule has 0 aromatic carbocycles. The first kappa shape index (κ1) is 26.2. The van der Waals surface area contributed by atoms with Crippen LogP contribution in [0.2, 0.25) is 0 Å². The minimum absolute atomic E-state index is 0.00540. The van der Waals surface area contributed by atoms with Gasteiger partial charge in [-0.05, 0) is 18.3 Å². The third-order valence-corrected chi connectivity index (χ3v) is 7.69. The summed E-state index contributed by atoms with van der Waals surface area (Å²) >= 11 is 4.93. The molecule has 1 aromatic rings. The van der Waals surface area contributed by atoms with Crippen LogP contribution in [0.4, 0.5) is 10.2 Å². The Morgan fingerprint density at radius 1 is 1.32 bits per heavy atom. The average molecular weight is 525 g/mol. The van der Waals surface area contributed by atoms with Gasteiger partial charge >= 0.3 is 23.5 Å². The molecule has 0 bridgehead atoms. The van der Waals surface area contributed by atoms with Crippen molar-refractivity contribution in [3.05, 3.63) is 17.0 Å². The monoisotopic (exact) mass is 525 g/mol. The molecule has 174 valence electrons. The summed E-state index contributed by atoms with van der Waals surface area (Å²) in [6.45, 7) is -1.13. The van der Waals surface area contributed by atoms with E-state index in [2.05, 4.69) is 18.1 Å². The van der Waals surface area contributed by atoms with Gasteiger partial charge in [0.05, 0.1) is 6.61 Å². The first-order chi connectivity index (χ1) is 14.0. The van der Waals surface area contributed by atoms with Crippen molar-refractivity contribution in [3.63, 3.8) is 0 Å². The summed E-state index contributed by atoms with van der Waals surface area (Å²) in [5, 5.41) is 10.2. The summed E-state index contributed by atoms with van der Waals surface area (Å²) in [5.41, 5.74) is 2.52. The van der Waals surface area contributed by atoms with Crippen molar-refractivity contribution in [2.24, 2.45) is 0 Å². The van der Waals surface area contributed by atoms with E-state index in [9.17, 15) is 23.7 Å². The van der Waals surface area contributed by atoms with Crippen LogP contribution in [0.5, 0.6) is 0 Å². The summed E-state index contributed by atoms with van der Waals surface area (Å²) in [6.07, 6.45) is 0.656. The number of aromatic nitrogens is 2. The van der Waals surface area contributed by atoms with E-state index in [1.54, 1.807) is 5.92 Å². The van der Waals surface area contributed by atoms with Gasteiger partial charge in [-0.15, -0.1) is 6.42 Å². The molecule has 6 atom stereocenters. The molecule has 2 heterocycles. The van der Waals surface area contributed by atoms with Gasteiger partial charge in [-0.1, -0.05) is 5.92 Å². The Labute approximate surface area is 178 Å². The maximum absolute atomic E-state index is 15.2. The minimum Gasteiger partial charge on any atom is -0.386 e. The fraction of sp³-hybridized carbons (Fsp3) is 0.455. The first-order valence-electron chi connectivity index (χ1n) is 7.63. The molecule has 20 heteroatoms. The molecule has 15 nitrogen and oxygen atoms in total. The highest BCUT2D eigenvalue weighted by Crippen LogP contribution is 2.66. The van der Waals surface area contributed by atoms with E-state index in [0.29, 0.717) is 0 Å². The van der Waals surface area contributed by atoms with Gasteiger partial charge in [0.2, 0.25) is 10.4 Å². The molecule has 1 aliphatic heterocycles. The number of nitrogen functional groups attached to an aromatic ring is 1. The molecule has 1 fully saturated rings. The Morgan fingerprint density at radius 2 is 1.94 bits per heavy atom. The zero-order valence-electron chi connectivity index (χ0n) is 14.9. The number of terminal acetylenes is 1. The number of anilines is 1. The zero-order valence-corrected chi connectivity index (χ0v) is 18.4. The lowest BCUT2D eigenvalue weighted by Gasteiger charge is -2.24. The summed E-state index contributed by atoms with van der Waals surface area (Å²) < 4.78 is 66.2. The number of nitrogens with two attached hydrogens (primary N) is 1. The third-order valence-electron chi connectivity index (χ3n) is 3.59. The van der Waals surface area contributed by atoms with E-state index in [0.717, 1.165) is 4.57 Å². The number of hydrogen-bond donors (Lipinski definition) is 6. The largest absolute Gasteiger partial charge is 0.490 e. The second-order valence-electron chi connectivity index (χ2n) is 5.81. The normalized spacial score (nSPS) is 30.3. The van der Waals surface area contributed by atoms with Gasteiger partial charge in [0.15, 0.2) is 6.23 Å². The molecule has 0 aliphatic carbocycles. The molecule has 7 N–H and O–H groups in total. The van der Waals surface area contributed by atoms with Gasteiger partial charge in [0.1, 0.15) is 18.0 Å². The number of phosphoric ester groups is 1. The number of phosphoric acid groups is 3. The molecule has 1 aromatic heterocycles. The Hall–Kier alpha value is -1.08. The Morgan fingerprint density at radius 3 is 2.45 bits per heavy atom. The van der Waals surface area contributed by atoms with Gasteiger partial charge in [-0.25, -0.2) is 23.1 Å². The molecular weight excluding hydrogens is 510 g/mol. The predicted molar refractivity (Wildman–Crippen MR) is 99.9 cm³/mol. The van der Waals surface area contributed by atoms with Crippen LogP contribution < -0.4 is 5.73 Å². The van der Waals surface area contributed by atoms with Crippen molar-refractivity contribution in [3.8, 4) is 12.3 Å². The van der Waals surface area contributed by atoms with Crippen LogP contribution in [-0.2, 0) is 31.6 Å². The van der Waals surface area contributed by atoms with Gasteiger partial charge in [0, 0.05) is 6.20 Å². The van der Waals surface area contributed by atoms with Crippen LogP contribution in [0.15, 0.2) is 12.3 Å². The summed E-state index contributed by atoms with van der Waals surface area (Å²) in [5.74, 6) is 1.69. The van der Waals surface area contributed by atoms with E-state index in [1.165, 1.54) is 12.3 Å². The van der Waals surface area contributed by atoms with Crippen molar-refractivity contribution in [1.29, 1.82) is 0 Å². The van der Waals surface area contributed by atoms with E-state index >= 15 is 4.39 Å². The van der Waals surface area contributed by atoms with Crippen molar-refractivity contribution < 1.29 is 60.6 Å². The SMILES string of the molecule is C#C[C@@]1(F)C(O)[C@@H](COP(=O)(O)OP(=O)(O)OP(=O)(O)O)O[C@H]1n1ccc(N)nc1=S. The number of alkyl halides is 1. The fourth-order valence-corrected chi connectivity index (χ4v) is 5.68. The van der Waals surface area contributed by atoms with Crippen LogP contribution in [0.1, 0.15) is 6.23 Å². The lowest BCUT2D eigenvalue weighted by atomic mass is 9.97. The van der Waals surface area contributed by atoms with Crippen LogP contribution in [0.25, 0.3) is 0 Å². The topological polar surface area (TPSA) is 233 Å². The number of rotatable bonds is 8. The molecule has 31 heavy (non-hydrogen) atoms. The van der Waals surface area contributed by atoms with Crippen LogP contribution in [0.3, 0.4) is 0 Å². The number of aliphatic hydroxyl groups is 1. The number of aliphatic hydroxyl groups excluding tert-OH is 1. The number of halogens is 1. The Balaban J connectivity index is 2.18. The van der Waals surface area contributed by atoms with Crippen molar-refractivity contribution in [2.75, 3.05) is 12.3 Å². The highest BCUT2D eigenvalue weighted by molar-refractivity contribution is 7.71. The maximum Gasteiger partial charge on any atom is 0.490 e. The van der Waals surface area contributed by atoms with Crippen molar-refractivity contribution >= 4 is 41.5 Å². The van der Waals surface area contributed by atoms with Gasteiger partial charge in [0.25, 0.3) is 0 Å². The lowest BCUT2D eigenvalue weighted by Crippen LogP contribution is -2.42. The molecule has 0 amide bonds. The first-order valence-corrected chi connectivity index (χ1v) is 12.6. The zero-order chi connectivity index (χ0) is 23.8. The number of hydrogen-bond acceptors (Lipinski definition) is 11. The van der Waals surface area contributed by atoms with Crippen molar-refractivity contribution in [1.82, 2.24) is 9.55 Å².